The number of nitrogens with one attached hydrogen (secondary N) is 2. The number of amides is 1. The maximum absolute atomic E-state index is 12.4. The molecule has 1 aliphatic heterocycles. The summed E-state index contributed by atoms with van der Waals surface area (Å²) in [6.45, 7) is 5.49. The van der Waals surface area contributed by atoms with Crippen LogP contribution in [0.1, 0.15) is 39.5 Å². The second kappa shape index (κ2) is 6.22. The zero-order valence-electron chi connectivity index (χ0n) is 12.2. The molecule has 1 atom stereocenters. The number of piperidine rings is 1. The molecule has 1 aromatic rings. The van der Waals surface area contributed by atoms with Crippen molar-refractivity contribution in [3.63, 3.8) is 0 Å². The normalized spacial score (nSPS) is 22.5. The fraction of sp³-hybridized carbons (Fsp3) is 0.600. The molecule has 0 saturated carbocycles. The molecule has 20 heavy (non-hydrogen) atoms. The van der Waals surface area contributed by atoms with Crippen LogP contribution in [0.5, 0.6) is 0 Å². The van der Waals surface area contributed by atoms with Crippen LogP contribution in [-0.2, 0) is 11.3 Å². The van der Waals surface area contributed by atoms with Crippen LogP contribution >= 0.6 is 0 Å². The van der Waals surface area contributed by atoms with Crippen LogP contribution in [0.25, 0.3) is 0 Å². The number of carbonyl (C=O) groups excluding carboxylic acids is 1. The highest BCUT2D eigenvalue weighted by Crippen LogP contribution is 2.20. The van der Waals surface area contributed by atoms with E-state index in [4.69, 9.17) is 0 Å². The Hall–Kier alpha value is -1.62. The summed E-state index contributed by atoms with van der Waals surface area (Å²) < 4.78 is 1.63. The molecule has 1 aromatic heterocycles. The van der Waals surface area contributed by atoms with Gasteiger partial charge in [-0.3, -0.25) is 9.59 Å². The van der Waals surface area contributed by atoms with Crippen molar-refractivity contribution in [2.75, 3.05) is 11.9 Å². The molecule has 1 fully saturated rings. The van der Waals surface area contributed by atoms with E-state index in [-0.39, 0.29) is 11.5 Å². The van der Waals surface area contributed by atoms with Gasteiger partial charge in [0.05, 0.1) is 11.2 Å². The van der Waals surface area contributed by atoms with Gasteiger partial charge in [0.15, 0.2) is 0 Å². The minimum absolute atomic E-state index is 0.0288. The highest BCUT2D eigenvalue weighted by molar-refractivity contribution is 5.97. The molecular weight excluding hydrogens is 254 g/mol. The summed E-state index contributed by atoms with van der Waals surface area (Å²) in [7, 11) is 0. The number of hydrogen-bond donors (Lipinski definition) is 2. The van der Waals surface area contributed by atoms with Gasteiger partial charge in [0.2, 0.25) is 5.91 Å². The van der Waals surface area contributed by atoms with Gasteiger partial charge in [-0.25, -0.2) is 0 Å². The molecular formula is C15H23N3O2. The molecule has 0 spiro atoms. The van der Waals surface area contributed by atoms with Crippen molar-refractivity contribution in [2.24, 2.45) is 0 Å². The number of carbonyl (C=O) groups is 1. The molecule has 1 amide bonds. The van der Waals surface area contributed by atoms with Crippen molar-refractivity contribution < 1.29 is 4.79 Å². The zero-order valence-corrected chi connectivity index (χ0v) is 12.2. The van der Waals surface area contributed by atoms with E-state index >= 15 is 0 Å². The lowest BCUT2D eigenvalue weighted by atomic mass is 9.90. The average molecular weight is 277 g/mol. The molecule has 0 bridgehead atoms. The summed E-state index contributed by atoms with van der Waals surface area (Å²) in [6, 6.07) is 3.17. The summed E-state index contributed by atoms with van der Waals surface area (Å²) in [4.78, 5) is 24.0. The highest BCUT2D eigenvalue weighted by atomic mass is 16.2. The van der Waals surface area contributed by atoms with Gasteiger partial charge in [0, 0.05) is 18.8 Å². The number of pyridine rings is 1. The number of aryl methyl sites for hydroxylation is 1. The first-order valence-corrected chi connectivity index (χ1v) is 7.32. The summed E-state index contributed by atoms with van der Waals surface area (Å²) in [5.41, 5.74) is 0.132. The van der Waals surface area contributed by atoms with Gasteiger partial charge >= 0.3 is 0 Å². The van der Waals surface area contributed by atoms with Crippen molar-refractivity contribution in [1.82, 2.24) is 9.88 Å². The first-order chi connectivity index (χ1) is 9.55. The molecule has 110 valence electrons. The topological polar surface area (TPSA) is 63.1 Å². The van der Waals surface area contributed by atoms with E-state index in [9.17, 15) is 9.59 Å². The quantitative estimate of drug-likeness (QED) is 0.881. The predicted octanol–water partition coefficient (Wildman–Crippen LogP) is 1.73. The second-order valence-corrected chi connectivity index (χ2v) is 5.62. The molecule has 2 heterocycles. The third kappa shape index (κ3) is 3.28. The van der Waals surface area contributed by atoms with Gasteiger partial charge in [-0.15, -0.1) is 0 Å². The minimum atomic E-state index is -0.510. The molecule has 2 rings (SSSR count). The molecule has 0 aromatic carbocycles. The van der Waals surface area contributed by atoms with Crippen molar-refractivity contribution in [3.8, 4) is 0 Å². The summed E-state index contributed by atoms with van der Waals surface area (Å²) in [5, 5.41) is 6.20. The SMILES string of the molecule is CCCn1cc(NC(=O)C2(C)CCCCN2)ccc1=O. The summed E-state index contributed by atoms with van der Waals surface area (Å²) in [5.74, 6) is -0.0288. The van der Waals surface area contributed by atoms with Crippen LogP contribution in [0, 0.1) is 0 Å². The Morgan fingerprint density at radius 1 is 1.45 bits per heavy atom. The Kier molecular flexibility index (Phi) is 4.60. The predicted molar refractivity (Wildman–Crippen MR) is 79.9 cm³/mol. The minimum Gasteiger partial charge on any atom is -0.323 e. The van der Waals surface area contributed by atoms with E-state index in [1.165, 1.54) is 6.07 Å². The molecule has 5 nitrogen and oxygen atoms in total. The zero-order chi connectivity index (χ0) is 14.6. The number of aromatic nitrogens is 1. The van der Waals surface area contributed by atoms with Gasteiger partial charge in [0.1, 0.15) is 0 Å². The van der Waals surface area contributed by atoms with E-state index in [2.05, 4.69) is 10.6 Å². The monoisotopic (exact) mass is 277 g/mol. The number of nitrogens with zero attached hydrogens (tertiary/aromatic N) is 1. The fourth-order valence-corrected chi connectivity index (χ4v) is 2.54. The van der Waals surface area contributed by atoms with Gasteiger partial charge < -0.3 is 15.2 Å². The molecule has 1 aliphatic rings. The maximum Gasteiger partial charge on any atom is 0.250 e. The lowest BCUT2D eigenvalue weighted by Crippen LogP contribution is -2.54. The molecule has 2 N–H and O–H groups in total. The summed E-state index contributed by atoms with van der Waals surface area (Å²) >= 11 is 0. The Morgan fingerprint density at radius 3 is 2.90 bits per heavy atom. The van der Waals surface area contributed by atoms with Crippen molar-refractivity contribution in [1.29, 1.82) is 0 Å². The lowest BCUT2D eigenvalue weighted by molar-refractivity contribution is -0.122. The Morgan fingerprint density at radius 2 is 2.25 bits per heavy atom. The van der Waals surface area contributed by atoms with Crippen LogP contribution < -0.4 is 16.2 Å². The second-order valence-electron chi connectivity index (χ2n) is 5.62. The van der Waals surface area contributed by atoms with Crippen LogP contribution in [0.15, 0.2) is 23.1 Å². The van der Waals surface area contributed by atoms with Crippen molar-refractivity contribution in [2.45, 2.75) is 51.6 Å². The van der Waals surface area contributed by atoms with E-state index < -0.39 is 5.54 Å². The molecule has 0 radical (unpaired) electrons. The molecule has 1 saturated heterocycles. The Bertz CT molecular complexity index is 530. The highest BCUT2D eigenvalue weighted by Gasteiger charge is 2.34. The van der Waals surface area contributed by atoms with E-state index in [1.807, 2.05) is 13.8 Å². The average Bonchev–Trinajstić information content (AvgIpc) is 2.43. The lowest BCUT2D eigenvalue weighted by Gasteiger charge is -2.33. The number of rotatable bonds is 4. The molecule has 0 aliphatic carbocycles. The first kappa shape index (κ1) is 14.8. The van der Waals surface area contributed by atoms with Crippen LogP contribution in [-0.4, -0.2) is 22.6 Å². The van der Waals surface area contributed by atoms with Gasteiger partial charge in [-0.2, -0.15) is 0 Å². The van der Waals surface area contributed by atoms with Crippen molar-refractivity contribution in [3.05, 3.63) is 28.7 Å². The number of anilines is 1. The number of hydrogen-bond acceptors (Lipinski definition) is 3. The third-order valence-corrected chi connectivity index (χ3v) is 3.83. The summed E-state index contributed by atoms with van der Waals surface area (Å²) in [6.07, 6.45) is 5.62. The van der Waals surface area contributed by atoms with Crippen LogP contribution in [0.4, 0.5) is 5.69 Å². The van der Waals surface area contributed by atoms with Crippen molar-refractivity contribution >= 4 is 11.6 Å². The van der Waals surface area contributed by atoms with Crippen LogP contribution in [0.3, 0.4) is 0 Å². The fourth-order valence-electron chi connectivity index (χ4n) is 2.54. The standard InChI is InChI=1S/C15H23N3O2/c1-3-10-18-11-12(6-7-13(18)19)17-14(20)15(2)8-4-5-9-16-15/h6-7,11,16H,3-5,8-10H2,1-2H3,(H,17,20). The van der Waals surface area contributed by atoms with Gasteiger partial charge in [-0.05, 0) is 45.2 Å². The van der Waals surface area contributed by atoms with Gasteiger partial charge in [0.25, 0.3) is 5.56 Å². The van der Waals surface area contributed by atoms with E-state index in [1.54, 1.807) is 16.8 Å². The van der Waals surface area contributed by atoms with E-state index in [0.717, 1.165) is 32.2 Å². The van der Waals surface area contributed by atoms with Gasteiger partial charge in [-0.1, -0.05) is 6.92 Å². The smallest absolute Gasteiger partial charge is 0.250 e. The first-order valence-electron chi connectivity index (χ1n) is 7.32. The Balaban J connectivity index is 2.11. The molecule has 5 heteroatoms. The molecule has 1 unspecified atom stereocenters. The van der Waals surface area contributed by atoms with Crippen LogP contribution in [0.2, 0.25) is 0 Å². The van der Waals surface area contributed by atoms with E-state index in [0.29, 0.717) is 12.2 Å². The maximum atomic E-state index is 12.4. The third-order valence-electron chi connectivity index (χ3n) is 3.83. The Labute approximate surface area is 119 Å². The largest absolute Gasteiger partial charge is 0.323 e.